The number of likely N-dealkylation sites (tertiary alicyclic amines) is 1. The fourth-order valence-electron chi connectivity index (χ4n) is 5.00. The second-order valence-corrected chi connectivity index (χ2v) is 10.1. The number of anilines is 1. The molecule has 1 amide bonds. The van der Waals surface area contributed by atoms with Gasteiger partial charge in [0.05, 0.1) is 28.7 Å². The zero-order valence-electron chi connectivity index (χ0n) is 20.5. The van der Waals surface area contributed by atoms with E-state index in [0.717, 1.165) is 30.1 Å². The summed E-state index contributed by atoms with van der Waals surface area (Å²) in [7, 11) is 0. The number of carbonyl (C=O) groups is 2. The molecule has 2 fully saturated rings. The number of esters is 1. The van der Waals surface area contributed by atoms with Crippen molar-refractivity contribution in [3.05, 3.63) is 34.7 Å². The second kappa shape index (κ2) is 11.3. The lowest BCUT2D eigenvalue weighted by Gasteiger charge is -2.33. The lowest BCUT2D eigenvalue weighted by molar-refractivity contribution is -0.148. The van der Waals surface area contributed by atoms with Crippen molar-refractivity contribution in [1.82, 2.24) is 15.2 Å². The van der Waals surface area contributed by atoms with Gasteiger partial charge in [0.25, 0.3) is 5.91 Å². The highest BCUT2D eigenvalue weighted by atomic mass is 32.1. The number of thiophene rings is 1. The predicted octanol–water partition coefficient (Wildman–Crippen LogP) is 4.11. The number of nitrogens with one attached hydrogen (secondary N) is 1. The Balaban J connectivity index is 1.53. The summed E-state index contributed by atoms with van der Waals surface area (Å²) in [6, 6.07) is 6.39. The van der Waals surface area contributed by atoms with Crippen LogP contribution in [0.25, 0.3) is 10.6 Å². The van der Waals surface area contributed by atoms with Gasteiger partial charge in [-0.05, 0) is 81.8 Å². The number of aryl methyl sites for hydroxylation is 1. The Kier molecular flexibility index (Phi) is 8.21. The molecule has 0 spiro atoms. The van der Waals surface area contributed by atoms with Crippen LogP contribution >= 0.6 is 11.3 Å². The van der Waals surface area contributed by atoms with Gasteiger partial charge in [-0.2, -0.15) is 0 Å². The second-order valence-electron chi connectivity index (χ2n) is 9.20. The van der Waals surface area contributed by atoms with E-state index >= 15 is 0 Å². The lowest BCUT2D eigenvalue weighted by Crippen LogP contribution is -2.41. The Hall–Kier alpha value is -2.45. The Morgan fingerprint density at radius 3 is 2.65 bits per heavy atom. The van der Waals surface area contributed by atoms with Crippen molar-refractivity contribution in [3.8, 4) is 10.6 Å². The molecule has 0 radical (unpaired) electrons. The molecule has 2 aromatic rings. The van der Waals surface area contributed by atoms with Crippen molar-refractivity contribution >= 4 is 29.0 Å². The Labute approximate surface area is 206 Å². The lowest BCUT2D eigenvalue weighted by atomic mass is 9.96. The van der Waals surface area contributed by atoms with Crippen molar-refractivity contribution < 1.29 is 14.3 Å². The molecule has 0 bridgehead atoms. The van der Waals surface area contributed by atoms with Gasteiger partial charge in [0.2, 0.25) is 0 Å². The highest BCUT2D eigenvalue weighted by molar-refractivity contribution is 7.13. The summed E-state index contributed by atoms with van der Waals surface area (Å²) in [5.74, 6) is 0.431. The number of piperidine rings is 1. The van der Waals surface area contributed by atoms with E-state index in [4.69, 9.17) is 9.72 Å². The van der Waals surface area contributed by atoms with Gasteiger partial charge < -0.3 is 15.0 Å². The fourth-order valence-corrected chi connectivity index (χ4v) is 5.87. The minimum absolute atomic E-state index is 0.0770. The third-order valence-electron chi connectivity index (χ3n) is 6.92. The van der Waals surface area contributed by atoms with Gasteiger partial charge in [0.15, 0.2) is 0 Å². The summed E-state index contributed by atoms with van der Waals surface area (Å²) in [5.41, 5.74) is 2.69. The number of likely N-dealkylation sites (N-methyl/N-ethyl adjacent to an activating group) is 1. The number of nitrogens with zero attached hydrogens (tertiary/aromatic N) is 3. The Morgan fingerprint density at radius 2 is 1.97 bits per heavy atom. The standard InChI is InChI=1S/C26H36N4O3S/c1-4-29-12-6-7-20(29)16-27-25(31)21-8-9-22(23-15-18(3)17-34-23)28-24(21)30-13-10-19(11-14-30)26(32)33-5-2/h8-9,15,17,19-20H,4-7,10-14,16H2,1-3H3,(H,27,31)/t20-/m1/s1. The zero-order valence-corrected chi connectivity index (χ0v) is 21.3. The van der Waals surface area contributed by atoms with E-state index in [1.54, 1.807) is 11.3 Å². The molecule has 4 rings (SSSR count). The predicted molar refractivity (Wildman–Crippen MR) is 136 cm³/mol. The zero-order chi connectivity index (χ0) is 24.1. The molecular formula is C26H36N4O3S. The molecule has 2 aliphatic heterocycles. The number of amides is 1. The third kappa shape index (κ3) is 5.61. The molecule has 2 saturated heterocycles. The molecule has 0 aromatic carbocycles. The summed E-state index contributed by atoms with van der Waals surface area (Å²) in [4.78, 5) is 36.1. The van der Waals surface area contributed by atoms with Crippen LogP contribution in [-0.4, -0.2) is 67.1 Å². The van der Waals surface area contributed by atoms with E-state index < -0.39 is 0 Å². The first kappa shape index (κ1) is 24.7. The number of aromatic nitrogens is 1. The van der Waals surface area contributed by atoms with Crippen LogP contribution in [0.15, 0.2) is 23.6 Å². The summed E-state index contributed by atoms with van der Waals surface area (Å²) in [5, 5.41) is 5.29. The minimum Gasteiger partial charge on any atom is -0.466 e. The SMILES string of the molecule is CCOC(=O)C1CCN(c2nc(-c3cc(C)cs3)ccc2C(=O)NC[C@H]2CCCN2CC)CC1. The van der Waals surface area contributed by atoms with Crippen LogP contribution in [0, 0.1) is 12.8 Å². The maximum absolute atomic E-state index is 13.3. The van der Waals surface area contributed by atoms with E-state index in [1.165, 1.54) is 12.0 Å². The van der Waals surface area contributed by atoms with Gasteiger partial charge in [-0.15, -0.1) is 11.3 Å². The number of carbonyl (C=O) groups excluding carboxylic acids is 2. The molecule has 0 unspecified atom stereocenters. The molecule has 1 atom stereocenters. The van der Waals surface area contributed by atoms with Gasteiger partial charge in [0, 0.05) is 25.7 Å². The number of hydrogen-bond acceptors (Lipinski definition) is 7. The molecule has 2 aliphatic rings. The van der Waals surface area contributed by atoms with Gasteiger partial charge in [0.1, 0.15) is 5.82 Å². The van der Waals surface area contributed by atoms with E-state index in [2.05, 4.69) is 40.4 Å². The molecule has 184 valence electrons. The average Bonchev–Trinajstić information content (AvgIpc) is 3.51. The normalized spacial score (nSPS) is 19.4. The van der Waals surface area contributed by atoms with Crippen molar-refractivity contribution in [2.75, 3.05) is 44.2 Å². The maximum Gasteiger partial charge on any atom is 0.309 e. The summed E-state index contributed by atoms with van der Waals surface area (Å²) < 4.78 is 5.22. The highest BCUT2D eigenvalue weighted by Crippen LogP contribution is 2.31. The molecule has 0 aliphatic carbocycles. The summed E-state index contributed by atoms with van der Waals surface area (Å²) in [6.45, 7) is 10.6. The van der Waals surface area contributed by atoms with Crippen LogP contribution in [0.1, 0.15) is 55.5 Å². The molecule has 4 heterocycles. The van der Waals surface area contributed by atoms with Gasteiger partial charge >= 0.3 is 5.97 Å². The average molecular weight is 485 g/mol. The first-order chi connectivity index (χ1) is 16.5. The quantitative estimate of drug-likeness (QED) is 0.569. The summed E-state index contributed by atoms with van der Waals surface area (Å²) >= 11 is 1.66. The van der Waals surface area contributed by atoms with Crippen molar-refractivity contribution in [3.63, 3.8) is 0 Å². The first-order valence-electron chi connectivity index (χ1n) is 12.5. The highest BCUT2D eigenvalue weighted by Gasteiger charge is 2.30. The van der Waals surface area contributed by atoms with E-state index in [9.17, 15) is 9.59 Å². The van der Waals surface area contributed by atoms with E-state index in [-0.39, 0.29) is 17.8 Å². The van der Waals surface area contributed by atoms with Crippen molar-refractivity contribution in [1.29, 1.82) is 0 Å². The fraction of sp³-hybridized carbons (Fsp3) is 0.577. The van der Waals surface area contributed by atoms with E-state index in [1.807, 2.05) is 19.1 Å². The number of hydrogen-bond donors (Lipinski definition) is 1. The van der Waals surface area contributed by atoms with E-state index in [0.29, 0.717) is 56.5 Å². The maximum atomic E-state index is 13.3. The summed E-state index contributed by atoms with van der Waals surface area (Å²) in [6.07, 6.45) is 3.72. The monoisotopic (exact) mass is 484 g/mol. The number of rotatable bonds is 8. The van der Waals surface area contributed by atoms with Crippen LogP contribution in [0.4, 0.5) is 5.82 Å². The first-order valence-corrected chi connectivity index (χ1v) is 13.4. The molecule has 7 nitrogen and oxygen atoms in total. The van der Waals surface area contributed by atoms with Gasteiger partial charge in [-0.3, -0.25) is 14.5 Å². The van der Waals surface area contributed by atoms with Crippen LogP contribution < -0.4 is 10.2 Å². The number of pyridine rings is 1. The molecule has 8 heteroatoms. The Bertz CT molecular complexity index is 1000. The molecule has 34 heavy (non-hydrogen) atoms. The smallest absolute Gasteiger partial charge is 0.309 e. The molecule has 0 saturated carbocycles. The van der Waals surface area contributed by atoms with Crippen molar-refractivity contribution in [2.45, 2.75) is 52.5 Å². The third-order valence-corrected chi connectivity index (χ3v) is 7.99. The van der Waals surface area contributed by atoms with Crippen LogP contribution in [-0.2, 0) is 9.53 Å². The largest absolute Gasteiger partial charge is 0.466 e. The molecule has 2 aromatic heterocycles. The van der Waals surface area contributed by atoms with Gasteiger partial charge in [-0.25, -0.2) is 4.98 Å². The minimum atomic E-state index is -0.118. The number of ether oxygens (including phenoxy) is 1. The van der Waals surface area contributed by atoms with Crippen LogP contribution in [0.5, 0.6) is 0 Å². The molecule has 1 N–H and O–H groups in total. The Morgan fingerprint density at radius 1 is 1.18 bits per heavy atom. The van der Waals surface area contributed by atoms with Crippen LogP contribution in [0.3, 0.4) is 0 Å². The topological polar surface area (TPSA) is 74.8 Å². The molecular weight excluding hydrogens is 448 g/mol. The van der Waals surface area contributed by atoms with Gasteiger partial charge in [-0.1, -0.05) is 6.92 Å². The van der Waals surface area contributed by atoms with Crippen molar-refractivity contribution in [2.24, 2.45) is 5.92 Å². The van der Waals surface area contributed by atoms with Crippen LogP contribution in [0.2, 0.25) is 0 Å².